The van der Waals surface area contributed by atoms with Gasteiger partial charge in [-0.05, 0) is 36.0 Å². The quantitative estimate of drug-likeness (QED) is 0.702. The first-order chi connectivity index (χ1) is 6.57. The largest absolute Gasteiger partial charge is 0.361 e. The van der Waals surface area contributed by atoms with Crippen molar-refractivity contribution in [3.63, 3.8) is 0 Å². The van der Waals surface area contributed by atoms with Gasteiger partial charge in [0, 0.05) is 17.9 Å². The maximum Gasteiger partial charge on any atom is 0.0410 e. The van der Waals surface area contributed by atoms with E-state index < -0.39 is 0 Å². The van der Waals surface area contributed by atoms with Gasteiger partial charge in [0.2, 0.25) is 0 Å². The minimum Gasteiger partial charge on any atom is -0.361 e. The van der Waals surface area contributed by atoms with Crippen LogP contribution in [0.4, 0.5) is 0 Å². The second-order valence-corrected chi connectivity index (χ2v) is 4.98. The Labute approximate surface area is 85.2 Å². The summed E-state index contributed by atoms with van der Waals surface area (Å²) in [5, 5.41) is 0. The van der Waals surface area contributed by atoms with Gasteiger partial charge in [0.05, 0.1) is 0 Å². The number of aromatic nitrogens is 1. The second kappa shape index (κ2) is 3.28. The van der Waals surface area contributed by atoms with Crippen LogP contribution in [0, 0.1) is 5.41 Å². The fraction of sp³-hybridized carbons (Fsp3) is 0.500. The van der Waals surface area contributed by atoms with E-state index in [1.165, 1.54) is 11.3 Å². The Morgan fingerprint density at radius 2 is 2.29 bits per heavy atom. The molecule has 0 saturated heterocycles. The van der Waals surface area contributed by atoms with E-state index in [0.29, 0.717) is 5.41 Å². The van der Waals surface area contributed by atoms with E-state index in [-0.39, 0.29) is 6.04 Å². The fourth-order valence-electron chi connectivity index (χ4n) is 2.32. The number of aromatic amines is 1. The molecule has 1 atom stereocenters. The molecule has 0 fully saturated rings. The van der Waals surface area contributed by atoms with Crippen LogP contribution in [0.15, 0.2) is 24.4 Å². The molecule has 2 rings (SSSR count). The van der Waals surface area contributed by atoms with Gasteiger partial charge < -0.3 is 10.7 Å². The molecule has 0 saturated carbocycles. The average molecular weight is 190 g/mol. The average Bonchev–Trinajstić information content (AvgIpc) is 2.51. The van der Waals surface area contributed by atoms with Crippen molar-refractivity contribution in [2.24, 2.45) is 11.1 Å². The van der Waals surface area contributed by atoms with Crippen molar-refractivity contribution in [1.29, 1.82) is 0 Å². The van der Waals surface area contributed by atoms with Crippen molar-refractivity contribution in [2.75, 3.05) is 0 Å². The molecule has 0 radical (unpaired) electrons. The Balaban J connectivity index is 2.28. The molecule has 0 bridgehead atoms. The summed E-state index contributed by atoms with van der Waals surface area (Å²) in [4.78, 5) is 3.24. The summed E-state index contributed by atoms with van der Waals surface area (Å²) < 4.78 is 0. The highest BCUT2D eigenvalue weighted by molar-refractivity contribution is 5.65. The van der Waals surface area contributed by atoms with Crippen LogP contribution in [0.3, 0.4) is 0 Å². The summed E-state index contributed by atoms with van der Waals surface area (Å²) in [6.07, 6.45) is 6.35. The summed E-state index contributed by atoms with van der Waals surface area (Å²) in [7, 11) is 0. The van der Waals surface area contributed by atoms with E-state index in [1.54, 1.807) is 0 Å². The van der Waals surface area contributed by atoms with Gasteiger partial charge in [-0.3, -0.25) is 0 Å². The molecule has 0 amide bonds. The molecule has 0 aliphatic heterocycles. The summed E-state index contributed by atoms with van der Waals surface area (Å²) in [6, 6.07) is 4.35. The highest BCUT2D eigenvalue weighted by atomic mass is 14.7. The first kappa shape index (κ1) is 9.53. The van der Waals surface area contributed by atoms with Gasteiger partial charge in [0.15, 0.2) is 0 Å². The van der Waals surface area contributed by atoms with Crippen molar-refractivity contribution in [2.45, 2.75) is 32.7 Å². The number of nitrogens with two attached hydrogens (primary N) is 1. The Bertz CT molecular complexity index is 333. The molecular weight excluding hydrogens is 172 g/mol. The van der Waals surface area contributed by atoms with Crippen molar-refractivity contribution < 1.29 is 0 Å². The normalized spacial score (nSPS) is 25.9. The number of hydrogen-bond acceptors (Lipinski definition) is 1. The minimum absolute atomic E-state index is 0.206. The van der Waals surface area contributed by atoms with Gasteiger partial charge in [-0.25, -0.2) is 0 Å². The van der Waals surface area contributed by atoms with E-state index in [0.717, 1.165) is 12.8 Å². The Kier molecular flexibility index (Phi) is 2.23. The van der Waals surface area contributed by atoms with Crippen LogP contribution in [0.25, 0.3) is 5.57 Å². The van der Waals surface area contributed by atoms with Gasteiger partial charge in [-0.15, -0.1) is 0 Å². The molecule has 1 aliphatic rings. The third-order valence-corrected chi connectivity index (χ3v) is 2.82. The number of H-pyrrole nitrogens is 1. The lowest BCUT2D eigenvalue weighted by Crippen LogP contribution is -2.30. The number of rotatable bonds is 1. The summed E-state index contributed by atoms with van der Waals surface area (Å²) in [6.45, 7) is 4.56. The summed E-state index contributed by atoms with van der Waals surface area (Å²) in [5.41, 5.74) is 8.92. The summed E-state index contributed by atoms with van der Waals surface area (Å²) >= 11 is 0. The lowest BCUT2D eigenvalue weighted by Gasteiger charge is -2.32. The molecule has 1 unspecified atom stereocenters. The lowest BCUT2D eigenvalue weighted by molar-refractivity contribution is 0.318. The number of allylic oxidation sites excluding steroid dienone is 1. The highest BCUT2D eigenvalue weighted by Crippen LogP contribution is 2.38. The molecule has 0 aromatic carbocycles. The van der Waals surface area contributed by atoms with Gasteiger partial charge >= 0.3 is 0 Å². The van der Waals surface area contributed by atoms with E-state index in [2.05, 4.69) is 31.0 Å². The number of hydrogen-bond donors (Lipinski definition) is 2. The maximum absolute atomic E-state index is 6.02. The highest BCUT2D eigenvalue weighted by Gasteiger charge is 2.27. The molecule has 1 aromatic heterocycles. The standard InChI is InChI=1S/C12H18N2/c1-12(2)7-9(6-10(13)8-12)11-4-3-5-14-11/h3-6,10,14H,7-8,13H2,1-2H3. The molecule has 2 heteroatoms. The molecule has 0 spiro atoms. The predicted octanol–water partition coefficient (Wildman–Crippen LogP) is 2.55. The van der Waals surface area contributed by atoms with E-state index in [1.807, 2.05) is 12.3 Å². The first-order valence-corrected chi connectivity index (χ1v) is 5.17. The number of nitrogens with one attached hydrogen (secondary N) is 1. The maximum atomic E-state index is 6.02. The SMILES string of the molecule is CC1(C)CC(c2ccc[nH]2)=CC(N)C1. The van der Waals surface area contributed by atoms with Gasteiger partial charge in [0.1, 0.15) is 0 Å². The predicted molar refractivity (Wildman–Crippen MR) is 59.8 cm³/mol. The Morgan fingerprint density at radius 1 is 1.50 bits per heavy atom. The topological polar surface area (TPSA) is 41.8 Å². The molecular formula is C12H18N2. The Morgan fingerprint density at radius 3 is 2.86 bits per heavy atom. The first-order valence-electron chi connectivity index (χ1n) is 5.17. The zero-order chi connectivity index (χ0) is 10.2. The summed E-state index contributed by atoms with van der Waals surface area (Å²) in [5.74, 6) is 0. The molecule has 3 N–H and O–H groups in total. The van der Waals surface area contributed by atoms with Crippen molar-refractivity contribution in [1.82, 2.24) is 4.98 Å². The Hall–Kier alpha value is -1.02. The van der Waals surface area contributed by atoms with E-state index in [9.17, 15) is 0 Å². The van der Waals surface area contributed by atoms with E-state index >= 15 is 0 Å². The van der Waals surface area contributed by atoms with Crippen LogP contribution in [-0.4, -0.2) is 11.0 Å². The van der Waals surface area contributed by atoms with Crippen LogP contribution in [0.5, 0.6) is 0 Å². The van der Waals surface area contributed by atoms with Crippen LogP contribution in [-0.2, 0) is 0 Å². The third kappa shape index (κ3) is 1.90. The third-order valence-electron chi connectivity index (χ3n) is 2.82. The van der Waals surface area contributed by atoms with Crippen molar-refractivity contribution >= 4 is 5.57 Å². The molecule has 76 valence electrons. The molecule has 1 aromatic rings. The lowest BCUT2D eigenvalue weighted by atomic mass is 9.75. The van der Waals surface area contributed by atoms with Crippen LogP contribution in [0.1, 0.15) is 32.4 Å². The molecule has 1 aliphatic carbocycles. The van der Waals surface area contributed by atoms with Crippen LogP contribution < -0.4 is 5.73 Å². The minimum atomic E-state index is 0.206. The van der Waals surface area contributed by atoms with Crippen molar-refractivity contribution in [3.8, 4) is 0 Å². The van der Waals surface area contributed by atoms with Crippen LogP contribution in [0.2, 0.25) is 0 Å². The zero-order valence-corrected chi connectivity index (χ0v) is 8.88. The molecule has 2 nitrogen and oxygen atoms in total. The smallest absolute Gasteiger partial charge is 0.0410 e. The fourth-order valence-corrected chi connectivity index (χ4v) is 2.32. The zero-order valence-electron chi connectivity index (χ0n) is 8.88. The monoisotopic (exact) mass is 190 g/mol. The van der Waals surface area contributed by atoms with Gasteiger partial charge in [-0.1, -0.05) is 19.9 Å². The second-order valence-electron chi connectivity index (χ2n) is 4.98. The van der Waals surface area contributed by atoms with E-state index in [4.69, 9.17) is 5.73 Å². The van der Waals surface area contributed by atoms with Gasteiger partial charge in [0.25, 0.3) is 0 Å². The van der Waals surface area contributed by atoms with Gasteiger partial charge in [-0.2, -0.15) is 0 Å². The van der Waals surface area contributed by atoms with Crippen molar-refractivity contribution in [3.05, 3.63) is 30.1 Å². The molecule has 1 heterocycles. The van der Waals surface area contributed by atoms with Crippen LogP contribution >= 0.6 is 0 Å². The molecule has 14 heavy (non-hydrogen) atoms.